The van der Waals surface area contributed by atoms with Gasteiger partial charge in [0.05, 0.1) is 18.0 Å². The predicted octanol–water partition coefficient (Wildman–Crippen LogP) is 1.91. The standard InChI is InChI=1S/C13H16N2O3S/c1-10-5-3-4-6-12(10)8-19(16,17)15-7-13-11(2)14-9-18-13/h3-6,9,15H,7-8H2,1-2H3. The van der Waals surface area contributed by atoms with Crippen LogP contribution in [0.2, 0.25) is 0 Å². The summed E-state index contributed by atoms with van der Waals surface area (Å²) in [7, 11) is -3.39. The predicted molar refractivity (Wildman–Crippen MR) is 71.9 cm³/mol. The molecular formula is C13H16N2O3S. The molecule has 0 aliphatic rings. The number of nitrogens with zero attached hydrogens (tertiary/aromatic N) is 1. The van der Waals surface area contributed by atoms with Crippen molar-refractivity contribution in [3.8, 4) is 0 Å². The first kappa shape index (κ1) is 13.8. The van der Waals surface area contributed by atoms with Gasteiger partial charge in [-0.15, -0.1) is 0 Å². The van der Waals surface area contributed by atoms with Gasteiger partial charge in [0.2, 0.25) is 10.0 Å². The van der Waals surface area contributed by atoms with Crippen LogP contribution in [-0.4, -0.2) is 13.4 Å². The van der Waals surface area contributed by atoms with E-state index in [1.165, 1.54) is 6.39 Å². The zero-order valence-electron chi connectivity index (χ0n) is 10.9. The van der Waals surface area contributed by atoms with Crippen molar-refractivity contribution < 1.29 is 12.8 Å². The first-order valence-corrected chi connectivity index (χ1v) is 7.54. The van der Waals surface area contributed by atoms with Crippen LogP contribution in [0, 0.1) is 13.8 Å². The largest absolute Gasteiger partial charge is 0.447 e. The van der Waals surface area contributed by atoms with Crippen molar-refractivity contribution in [1.29, 1.82) is 0 Å². The summed E-state index contributed by atoms with van der Waals surface area (Å²) in [6, 6.07) is 7.43. The summed E-state index contributed by atoms with van der Waals surface area (Å²) in [6.07, 6.45) is 1.31. The lowest BCUT2D eigenvalue weighted by atomic mass is 10.1. The Morgan fingerprint density at radius 3 is 2.63 bits per heavy atom. The minimum absolute atomic E-state index is 0.0349. The van der Waals surface area contributed by atoms with E-state index in [0.29, 0.717) is 11.5 Å². The van der Waals surface area contributed by atoms with Gasteiger partial charge in [-0.1, -0.05) is 24.3 Å². The molecule has 1 aromatic carbocycles. The highest BCUT2D eigenvalue weighted by atomic mass is 32.2. The van der Waals surface area contributed by atoms with Crippen molar-refractivity contribution in [2.75, 3.05) is 0 Å². The fourth-order valence-corrected chi connectivity index (χ4v) is 2.89. The molecule has 19 heavy (non-hydrogen) atoms. The van der Waals surface area contributed by atoms with Crippen LogP contribution in [0.25, 0.3) is 0 Å². The van der Waals surface area contributed by atoms with Gasteiger partial charge in [0.15, 0.2) is 6.39 Å². The number of aromatic nitrogens is 1. The third kappa shape index (κ3) is 3.65. The van der Waals surface area contributed by atoms with Crippen molar-refractivity contribution in [1.82, 2.24) is 9.71 Å². The number of sulfonamides is 1. The molecule has 6 heteroatoms. The molecule has 0 radical (unpaired) electrons. The summed E-state index contributed by atoms with van der Waals surface area (Å²) in [4.78, 5) is 3.91. The first-order chi connectivity index (χ1) is 8.98. The minimum Gasteiger partial charge on any atom is -0.447 e. The Morgan fingerprint density at radius 2 is 2.00 bits per heavy atom. The maximum absolute atomic E-state index is 12.0. The molecule has 0 aliphatic carbocycles. The van der Waals surface area contributed by atoms with Gasteiger partial charge in [-0.25, -0.2) is 18.1 Å². The van der Waals surface area contributed by atoms with E-state index in [9.17, 15) is 8.42 Å². The summed E-state index contributed by atoms with van der Waals surface area (Å²) in [5.41, 5.74) is 2.45. The van der Waals surface area contributed by atoms with E-state index in [1.807, 2.05) is 31.2 Å². The molecular weight excluding hydrogens is 264 g/mol. The molecule has 1 aromatic heterocycles. The molecule has 0 saturated heterocycles. The topological polar surface area (TPSA) is 72.2 Å². The average Bonchev–Trinajstić information content (AvgIpc) is 2.75. The van der Waals surface area contributed by atoms with Gasteiger partial charge in [-0.3, -0.25) is 0 Å². The minimum atomic E-state index is -3.39. The number of oxazole rings is 1. The van der Waals surface area contributed by atoms with Crippen molar-refractivity contribution >= 4 is 10.0 Å². The molecule has 2 aromatic rings. The van der Waals surface area contributed by atoms with E-state index >= 15 is 0 Å². The number of rotatable bonds is 5. The maximum Gasteiger partial charge on any atom is 0.216 e. The van der Waals surface area contributed by atoms with E-state index in [-0.39, 0.29) is 12.3 Å². The molecule has 0 fully saturated rings. The zero-order chi connectivity index (χ0) is 13.9. The Labute approximate surface area is 112 Å². The van der Waals surface area contributed by atoms with Crippen molar-refractivity contribution in [3.05, 3.63) is 53.2 Å². The Hall–Kier alpha value is -1.66. The van der Waals surface area contributed by atoms with Crippen LogP contribution in [0.5, 0.6) is 0 Å². The monoisotopic (exact) mass is 280 g/mol. The van der Waals surface area contributed by atoms with Crippen LogP contribution in [0.15, 0.2) is 35.1 Å². The maximum atomic E-state index is 12.0. The number of hydrogen-bond donors (Lipinski definition) is 1. The third-order valence-electron chi connectivity index (χ3n) is 2.90. The Balaban J connectivity index is 2.04. The molecule has 0 amide bonds. The van der Waals surface area contributed by atoms with E-state index in [4.69, 9.17) is 4.42 Å². The molecule has 102 valence electrons. The summed E-state index contributed by atoms with van der Waals surface area (Å²) < 4.78 is 31.6. The van der Waals surface area contributed by atoms with Crippen LogP contribution in [0.4, 0.5) is 0 Å². The SMILES string of the molecule is Cc1ccccc1CS(=O)(=O)NCc1ocnc1C. The fraction of sp³-hybridized carbons (Fsp3) is 0.308. The highest BCUT2D eigenvalue weighted by molar-refractivity contribution is 7.88. The zero-order valence-corrected chi connectivity index (χ0v) is 11.7. The number of benzene rings is 1. The lowest BCUT2D eigenvalue weighted by Gasteiger charge is -2.07. The van der Waals surface area contributed by atoms with Crippen LogP contribution in [-0.2, 0) is 22.3 Å². The van der Waals surface area contributed by atoms with Crippen LogP contribution in [0.1, 0.15) is 22.6 Å². The van der Waals surface area contributed by atoms with Crippen LogP contribution < -0.4 is 4.72 Å². The second kappa shape index (κ2) is 5.54. The summed E-state index contributed by atoms with van der Waals surface area (Å²) in [5, 5.41) is 0. The number of hydrogen-bond acceptors (Lipinski definition) is 4. The summed E-state index contributed by atoms with van der Waals surface area (Å²) in [6.45, 7) is 3.79. The fourth-order valence-electron chi connectivity index (χ4n) is 1.70. The smallest absolute Gasteiger partial charge is 0.216 e. The Bertz CT molecular complexity index is 662. The molecule has 0 saturated carbocycles. The summed E-state index contributed by atoms with van der Waals surface area (Å²) in [5.74, 6) is 0.501. The average molecular weight is 280 g/mol. The molecule has 0 aliphatic heterocycles. The molecule has 5 nitrogen and oxygen atoms in total. The van der Waals surface area contributed by atoms with E-state index < -0.39 is 10.0 Å². The van der Waals surface area contributed by atoms with Crippen molar-refractivity contribution in [3.63, 3.8) is 0 Å². The van der Waals surface area contributed by atoms with Gasteiger partial charge in [0.1, 0.15) is 5.76 Å². The van der Waals surface area contributed by atoms with Crippen molar-refractivity contribution in [2.24, 2.45) is 0 Å². The third-order valence-corrected chi connectivity index (χ3v) is 4.18. The van der Waals surface area contributed by atoms with Crippen LogP contribution >= 0.6 is 0 Å². The van der Waals surface area contributed by atoms with E-state index in [2.05, 4.69) is 9.71 Å². The molecule has 1 N–H and O–H groups in total. The molecule has 0 unspecified atom stereocenters. The number of aryl methyl sites for hydroxylation is 2. The van der Waals surface area contributed by atoms with Gasteiger partial charge < -0.3 is 4.42 Å². The lowest BCUT2D eigenvalue weighted by molar-refractivity contribution is 0.492. The quantitative estimate of drug-likeness (QED) is 0.908. The second-order valence-electron chi connectivity index (χ2n) is 4.37. The van der Waals surface area contributed by atoms with E-state index in [0.717, 1.165) is 11.1 Å². The lowest BCUT2D eigenvalue weighted by Crippen LogP contribution is -2.25. The van der Waals surface area contributed by atoms with Gasteiger partial charge in [-0.05, 0) is 25.0 Å². The van der Waals surface area contributed by atoms with Gasteiger partial charge in [-0.2, -0.15) is 0 Å². The summed E-state index contributed by atoms with van der Waals surface area (Å²) >= 11 is 0. The molecule has 0 atom stereocenters. The van der Waals surface area contributed by atoms with Gasteiger partial charge >= 0.3 is 0 Å². The molecule has 1 heterocycles. The normalized spacial score (nSPS) is 11.7. The van der Waals surface area contributed by atoms with Gasteiger partial charge in [0, 0.05) is 0 Å². The van der Waals surface area contributed by atoms with Crippen LogP contribution in [0.3, 0.4) is 0 Å². The van der Waals surface area contributed by atoms with E-state index in [1.54, 1.807) is 6.92 Å². The Morgan fingerprint density at radius 1 is 1.26 bits per heavy atom. The Kier molecular flexibility index (Phi) is 4.01. The molecule has 0 bridgehead atoms. The van der Waals surface area contributed by atoms with Crippen molar-refractivity contribution in [2.45, 2.75) is 26.1 Å². The second-order valence-corrected chi connectivity index (χ2v) is 6.17. The first-order valence-electron chi connectivity index (χ1n) is 5.89. The van der Waals surface area contributed by atoms with Gasteiger partial charge in [0.25, 0.3) is 0 Å². The molecule has 0 spiro atoms. The highest BCUT2D eigenvalue weighted by Gasteiger charge is 2.14. The highest BCUT2D eigenvalue weighted by Crippen LogP contribution is 2.11. The number of nitrogens with one attached hydrogen (secondary N) is 1. The molecule has 2 rings (SSSR count).